The second kappa shape index (κ2) is 8.89. The minimum Gasteiger partial charge on any atom is -0.489 e. The summed E-state index contributed by atoms with van der Waals surface area (Å²) in [5, 5.41) is 14.1. The van der Waals surface area contributed by atoms with Crippen LogP contribution in [0.25, 0.3) is 6.08 Å². The molecule has 0 saturated heterocycles. The fourth-order valence-electron chi connectivity index (χ4n) is 2.80. The van der Waals surface area contributed by atoms with E-state index in [4.69, 9.17) is 21.7 Å². The number of carbonyl (C=O) groups is 1. The second-order valence-electron chi connectivity index (χ2n) is 6.77. The van der Waals surface area contributed by atoms with Gasteiger partial charge in [-0.15, -0.1) is 5.10 Å². The Balaban J connectivity index is 1.49. The Morgan fingerprint density at radius 1 is 1.16 bits per heavy atom. The Kier molecular flexibility index (Phi) is 6.18. The van der Waals surface area contributed by atoms with E-state index >= 15 is 0 Å². The summed E-state index contributed by atoms with van der Waals surface area (Å²) in [7, 11) is -3.56. The van der Waals surface area contributed by atoms with Crippen LogP contribution in [0.1, 0.15) is 18.1 Å². The number of fused-ring (bicyclic) bond motifs is 1. The Morgan fingerprint density at radius 2 is 1.84 bits per heavy atom. The van der Waals surface area contributed by atoms with Crippen molar-refractivity contribution in [1.82, 2.24) is 5.01 Å². The first-order valence-electron chi connectivity index (χ1n) is 9.47. The van der Waals surface area contributed by atoms with Crippen LogP contribution in [-0.2, 0) is 21.2 Å². The Hall–Kier alpha value is -2.95. The molecule has 0 aromatic heterocycles. The minimum atomic E-state index is -3.56. The Morgan fingerprint density at radius 3 is 2.50 bits per heavy atom. The zero-order valence-electron chi connectivity index (χ0n) is 16.8. The quantitative estimate of drug-likeness (QED) is 0.638. The maximum Gasteiger partial charge on any atom is 0.283 e. The summed E-state index contributed by atoms with van der Waals surface area (Å²) in [6.45, 7) is 1.88. The molecule has 2 heterocycles. The average molecular weight is 489 g/mol. The molecule has 0 radical (unpaired) electrons. The standard InChI is InChI=1S/C21H17ClN4O4S2/c1-2-32(28,29)21-25-26-18(23)17(19(27)24-20(26)31-21)11-13-5-9-16(10-6-13)30-12-14-3-7-15(22)8-4-14/h3-11,23H,2,12H2,1H3/b17-11-,23-18?. The number of aliphatic imine (C=N–C) groups is 1. The van der Waals surface area contributed by atoms with Crippen LogP contribution in [0.3, 0.4) is 0 Å². The number of sulfone groups is 1. The zero-order valence-corrected chi connectivity index (χ0v) is 19.2. The number of amidine groups is 2. The molecular weight excluding hydrogens is 472 g/mol. The number of amides is 1. The van der Waals surface area contributed by atoms with Crippen LogP contribution >= 0.6 is 23.4 Å². The third kappa shape index (κ3) is 4.62. The fourth-order valence-corrected chi connectivity index (χ4v) is 5.09. The molecule has 8 nitrogen and oxygen atoms in total. The normalized spacial score (nSPS) is 17.3. The zero-order chi connectivity index (χ0) is 22.9. The molecule has 0 atom stereocenters. The minimum absolute atomic E-state index is 0.0167. The van der Waals surface area contributed by atoms with Crippen molar-refractivity contribution in [3.63, 3.8) is 0 Å². The number of rotatable bonds is 5. The van der Waals surface area contributed by atoms with Crippen molar-refractivity contribution in [3.05, 3.63) is 70.3 Å². The average Bonchev–Trinajstić information content (AvgIpc) is 3.22. The molecule has 1 N–H and O–H groups in total. The number of nitrogens with one attached hydrogen (secondary N) is 1. The lowest BCUT2D eigenvalue weighted by molar-refractivity contribution is -0.114. The SMILES string of the molecule is CCS(=O)(=O)C1=NN2C(=N)/C(=C/c3ccc(OCc4ccc(Cl)cc4)cc3)C(=O)N=C2S1. The summed E-state index contributed by atoms with van der Waals surface area (Å²) in [6.07, 6.45) is 1.51. The highest BCUT2D eigenvalue weighted by Crippen LogP contribution is 2.30. The molecule has 11 heteroatoms. The molecular formula is C21H17ClN4O4S2. The number of hydrogen-bond donors (Lipinski definition) is 1. The number of benzene rings is 2. The van der Waals surface area contributed by atoms with Crippen molar-refractivity contribution >= 4 is 60.6 Å². The second-order valence-corrected chi connectivity index (χ2v) is 10.6. The summed E-state index contributed by atoms with van der Waals surface area (Å²) in [6, 6.07) is 14.4. The highest BCUT2D eigenvalue weighted by molar-refractivity contribution is 8.42. The van der Waals surface area contributed by atoms with E-state index in [2.05, 4.69) is 10.1 Å². The summed E-state index contributed by atoms with van der Waals surface area (Å²) < 4.78 is 29.7. The number of thioether (sulfide) groups is 1. The van der Waals surface area contributed by atoms with E-state index in [1.165, 1.54) is 13.0 Å². The Bertz CT molecular complexity index is 1280. The number of nitrogens with zero attached hydrogens (tertiary/aromatic N) is 3. The van der Waals surface area contributed by atoms with Crippen LogP contribution in [0.2, 0.25) is 5.02 Å². The van der Waals surface area contributed by atoms with E-state index in [0.717, 1.165) is 22.3 Å². The monoisotopic (exact) mass is 488 g/mol. The molecule has 0 aliphatic carbocycles. The van der Waals surface area contributed by atoms with Gasteiger partial charge in [-0.05, 0) is 53.2 Å². The molecule has 32 heavy (non-hydrogen) atoms. The number of carbonyl (C=O) groups excluding carboxylic acids is 1. The first kappa shape index (κ1) is 22.3. The van der Waals surface area contributed by atoms with Crippen LogP contribution in [0.15, 0.2) is 64.2 Å². The van der Waals surface area contributed by atoms with Gasteiger partial charge in [0.2, 0.25) is 19.4 Å². The first-order valence-corrected chi connectivity index (χ1v) is 12.3. The van der Waals surface area contributed by atoms with E-state index in [0.29, 0.717) is 22.9 Å². The lowest BCUT2D eigenvalue weighted by Gasteiger charge is -2.20. The largest absolute Gasteiger partial charge is 0.489 e. The molecule has 0 fully saturated rings. The predicted molar refractivity (Wildman–Crippen MR) is 127 cm³/mol. The predicted octanol–water partition coefficient (Wildman–Crippen LogP) is 3.93. The van der Waals surface area contributed by atoms with Gasteiger partial charge in [-0.2, -0.15) is 10.0 Å². The molecule has 164 valence electrons. The van der Waals surface area contributed by atoms with Gasteiger partial charge in [0.25, 0.3) is 5.91 Å². The van der Waals surface area contributed by atoms with E-state index in [9.17, 15) is 13.2 Å². The van der Waals surface area contributed by atoms with Crippen molar-refractivity contribution in [1.29, 1.82) is 5.41 Å². The van der Waals surface area contributed by atoms with Gasteiger partial charge in [-0.3, -0.25) is 10.2 Å². The van der Waals surface area contributed by atoms with Gasteiger partial charge < -0.3 is 4.74 Å². The smallest absolute Gasteiger partial charge is 0.283 e. The van der Waals surface area contributed by atoms with E-state index in [1.54, 1.807) is 36.4 Å². The topological polar surface area (TPSA) is 112 Å². The van der Waals surface area contributed by atoms with E-state index in [1.807, 2.05) is 12.1 Å². The summed E-state index contributed by atoms with van der Waals surface area (Å²) >= 11 is 6.65. The Labute approximate surface area is 194 Å². The number of ether oxygens (including phenoxy) is 1. The molecule has 2 aliphatic rings. The van der Waals surface area contributed by atoms with E-state index in [-0.39, 0.29) is 26.7 Å². The number of hydrazone groups is 1. The maximum absolute atomic E-state index is 12.5. The molecule has 2 aromatic carbocycles. The van der Waals surface area contributed by atoms with Gasteiger partial charge in [-0.25, -0.2) is 8.42 Å². The lowest BCUT2D eigenvalue weighted by atomic mass is 10.1. The van der Waals surface area contributed by atoms with Crippen molar-refractivity contribution in [2.75, 3.05) is 5.75 Å². The van der Waals surface area contributed by atoms with Crippen LogP contribution in [0.4, 0.5) is 0 Å². The third-order valence-corrected chi connectivity index (χ3v) is 7.93. The number of halogens is 1. The first-order chi connectivity index (χ1) is 15.3. The molecule has 4 rings (SSSR count). The fraction of sp³-hybridized carbons (Fsp3) is 0.143. The van der Waals surface area contributed by atoms with Crippen LogP contribution in [0.5, 0.6) is 5.75 Å². The number of hydrogen-bond acceptors (Lipinski definition) is 7. The molecule has 0 bridgehead atoms. The lowest BCUT2D eigenvalue weighted by Crippen LogP contribution is -2.35. The highest BCUT2D eigenvalue weighted by Gasteiger charge is 2.39. The molecule has 0 saturated carbocycles. The van der Waals surface area contributed by atoms with Crippen molar-refractivity contribution in [2.24, 2.45) is 10.1 Å². The van der Waals surface area contributed by atoms with Crippen molar-refractivity contribution in [2.45, 2.75) is 13.5 Å². The van der Waals surface area contributed by atoms with Gasteiger partial charge >= 0.3 is 0 Å². The van der Waals surface area contributed by atoms with Gasteiger partial charge in [0, 0.05) is 5.02 Å². The highest BCUT2D eigenvalue weighted by atomic mass is 35.5. The van der Waals surface area contributed by atoms with Crippen molar-refractivity contribution in [3.8, 4) is 5.75 Å². The maximum atomic E-state index is 12.5. The third-order valence-electron chi connectivity index (χ3n) is 4.59. The van der Waals surface area contributed by atoms with E-state index < -0.39 is 15.7 Å². The molecule has 0 spiro atoms. The van der Waals surface area contributed by atoms with Crippen LogP contribution in [0, 0.1) is 5.41 Å². The van der Waals surface area contributed by atoms with Crippen LogP contribution in [-0.4, -0.2) is 40.5 Å². The molecule has 1 amide bonds. The van der Waals surface area contributed by atoms with Gasteiger partial charge in [0.1, 0.15) is 12.4 Å². The van der Waals surface area contributed by atoms with Gasteiger partial charge in [0.05, 0.1) is 11.3 Å². The summed E-state index contributed by atoms with van der Waals surface area (Å²) in [4.78, 5) is 16.4. The van der Waals surface area contributed by atoms with Crippen LogP contribution < -0.4 is 4.74 Å². The van der Waals surface area contributed by atoms with Gasteiger partial charge in [0.15, 0.2) is 5.84 Å². The summed E-state index contributed by atoms with van der Waals surface area (Å²) in [5.41, 5.74) is 1.65. The molecule has 0 unspecified atom stereocenters. The van der Waals surface area contributed by atoms with Crippen molar-refractivity contribution < 1.29 is 17.9 Å². The molecule has 2 aromatic rings. The summed E-state index contributed by atoms with van der Waals surface area (Å²) in [5.74, 6) is -0.336. The molecule has 2 aliphatic heterocycles. The van der Waals surface area contributed by atoms with Gasteiger partial charge in [-0.1, -0.05) is 42.8 Å².